The summed E-state index contributed by atoms with van der Waals surface area (Å²) in [5.74, 6) is -1.86. The second-order valence-corrected chi connectivity index (χ2v) is 3.74. The van der Waals surface area contributed by atoms with Crippen molar-refractivity contribution >= 4 is 23.3 Å². The van der Waals surface area contributed by atoms with Crippen LogP contribution in [-0.2, 0) is 19.1 Å². The van der Waals surface area contributed by atoms with Gasteiger partial charge in [0.2, 0.25) is 0 Å². The maximum absolute atomic E-state index is 11.8. The number of hydrogen-bond acceptors (Lipinski definition) is 5. The van der Waals surface area contributed by atoms with Gasteiger partial charge in [-0.2, -0.15) is 0 Å². The van der Waals surface area contributed by atoms with E-state index in [0.29, 0.717) is 11.4 Å². The third kappa shape index (κ3) is 2.20. The summed E-state index contributed by atoms with van der Waals surface area (Å²) in [5, 5.41) is 0. The van der Waals surface area contributed by atoms with E-state index >= 15 is 0 Å². The van der Waals surface area contributed by atoms with Gasteiger partial charge in [-0.15, -0.1) is 0 Å². The van der Waals surface area contributed by atoms with E-state index in [0.717, 1.165) is 12.0 Å². The molecule has 0 saturated carbocycles. The molecule has 1 amide bonds. The predicted octanol–water partition coefficient (Wildman–Crippen LogP) is 0.668. The fraction of sp³-hybridized carbons (Fsp3) is 0.154. The minimum Gasteiger partial charge on any atom is -0.497 e. The van der Waals surface area contributed by atoms with Gasteiger partial charge in [-0.1, -0.05) is 0 Å². The molecule has 0 unspecified atom stereocenters. The van der Waals surface area contributed by atoms with Gasteiger partial charge in [0.1, 0.15) is 11.3 Å². The number of Topliss-reactive ketones (excluding diaryl/α,β-unsaturated/α-hetero) is 1. The van der Waals surface area contributed by atoms with E-state index in [1.165, 1.54) is 13.3 Å². The quantitative estimate of drug-likeness (QED) is 0.454. The van der Waals surface area contributed by atoms with E-state index in [4.69, 9.17) is 4.74 Å². The number of carbonyl (C=O) groups excluding carboxylic acids is 3. The Labute approximate surface area is 109 Å². The van der Waals surface area contributed by atoms with Gasteiger partial charge in [0.05, 0.1) is 14.2 Å². The Kier molecular flexibility index (Phi) is 3.33. The summed E-state index contributed by atoms with van der Waals surface area (Å²) in [6.45, 7) is 0. The molecule has 0 N–H and O–H groups in total. The highest BCUT2D eigenvalue weighted by atomic mass is 16.5. The summed E-state index contributed by atoms with van der Waals surface area (Å²) >= 11 is 0. The van der Waals surface area contributed by atoms with Crippen molar-refractivity contribution in [3.05, 3.63) is 36.0 Å². The number of benzene rings is 1. The Morgan fingerprint density at radius 1 is 1.11 bits per heavy atom. The second kappa shape index (κ2) is 4.93. The molecule has 0 aliphatic carbocycles. The van der Waals surface area contributed by atoms with Crippen LogP contribution in [0.1, 0.15) is 0 Å². The molecule has 0 atom stereocenters. The van der Waals surface area contributed by atoms with Crippen LogP contribution in [0.4, 0.5) is 5.69 Å². The van der Waals surface area contributed by atoms with Crippen LogP contribution in [-0.4, -0.2) is 31.9 Å². The number of hydrogen-bond donors (Lipinski definition) is 0. The highest BCUT2D eigenvalue weighted by molar-refractivity contribution is 6.55. The highest BCUT2D eigenvalue weighted by Gasteiger charge is 2.36. The molecule has 1 aromatic rings. The monoisotopic (exact) mass is 261 g/mol. The Hall–Kier alpha value is -2.63. The Balaban J connectivity index is 2.34. The minimum atomic E-state index is -0.873. The lowest BCUT2D eigenvalue weighted by Gasteiger charge is -2.12. The summed E-state index contributed by atoms with van der Waals surface area (Å²) in [6.07, 6.45) is 1.18. The first-order valence-corrected chi connectivity index (χ1v) is 5.40. The molecule has 6 nitrogen and oxygen atoms in total. The molecule has 0 saturated heterocycles. The third-order valence-corrected chi connectivity index (χ3v) is 2.67. The normalized spacial score (nSPS) is 14.4. The molecule has 1 heterocycles. The molecule has 0 bridgehead atoms. The highest BCUT2D eigenvalue weighted by Crippen LogP contribution is 2.24. The van der Waals surface area contributed by atoms with Crippen molar-refractivity contribution in [3.8, 4) is 5.75 Å². The van der Waals surface area contributed by atoms with Crippen molar-refractivity contribution in [2.75, 3.05) is 19.1 Å². The van der Waals surface area contributed by atoms with E-state index in [9.17, 15) is 14.4 Å². The summed E-state index contributed by atoms with van der Waals surface area (Å²) in [5.41, 5.74) is 0.196. The van der Waals surface area contributed by atoms with E-state index in [1.807, 2.05) is 0 Å². The zero-order valence-electron chi connectivity index (χ0n) is 10.4. The third-order valence-electron chi connectivity index (χ3n) is 2.67. The van der Waals surface area contributed by atoms with Crippen LogP contribution in [0.25, 0.3) is 0 Å². The fourth-order valence-corrected chi connectivity index (χ4v) is 1.66. The molecule has 1 aliphatic heterocycles. The molecule has 1 aliphatic rings. The number of rotatable bonds is 3. The van der Waals surface area contributed by atoms with E-state index < -0.39 is 17.7 Å². The Morgan fingerprint density at radius 2 is 1.74 bits per heavy atom. The van der Waals surface area contributed by atoms with Gasteiger partial charge >= 0.3 is 11.9 Å². The first-order chi connectivity index (χ1) is 9.08. The molecule has 1 aromatic carbocycles. The van der Waals surface area contributed by atoms with Crippen LogP contribution in [0.3, 0.4) is 0 Å². The Bertz CT molecular complexity index is 573. The van der Waals surface area contributed by atoms with E-state index in [2.05, 4.69) is 4.74 Å². The van der Waals surface area contributed by atoms with Gasteiger partial charge in [0.15, 0.2) is 0 Å². The minimum absolute atomic E-state index is 0.275. The van der Waals surface area contributed by atoms with Gasteiger partial charge in [0.25, 0.3) is 5.78 Å². The van der Waals surface area contributed by atoms with Crippen LogP contribution in [0.5, 0.6) is 5.75 Å². The van der Waals surface area contributed by atoms with Crippen molar-refractivity contribution in [2.45, 2.75) is 0 Å². The topological polar surface area (TPSA) is 72.9 Å². The molecule has 0 spiro atoms. The molecular formula is C13H11NO5. The van der Waals surface area contributed by atoms with Crippen LogP contribution >= 0.6 is 0 Å². The molecule has 0 fully saturated rings. The molecule has 2 rings (SSSR count). The summed E-state index contributed by atoms with van der Waals surface area (Å²) in [6, 6.07) is 6.52. The van der Waals surface area contributed by atoms with E-state index in [-0.39, 0.29) is 5.57 Å². The Morgan fingerprint density at radius 3 is 2.26 bits per heavy atom. The summed E-state index contributed by atoms with van der Waals surface area (Å²) in [4.78, 5) is 35.8. The number of ketones is 1. The van der Waals surface area contributed by atoms with Gasteiger partial charge in [-0.3, -0.25) is 14.5 Å². The van der Waals surface area contributed by atoms with Gasteiger partial charge in [-0.05, 0) is 24.3 Å². The van der Waals surface area contributed by atoms with Crippen LogP contribution in [0.2, 0.25) is 0 Å². The second-order valence-electron chi connectivity index (χ2n) is 3.74. The zero-order chi connectivity index (χ0) is 14.0. The zero-order valence-corrected chi connectivity index (χ0v) is 10.4. The van der Waals surface area contributed by atoms with E-state index in [1.54, 1.807) is 24.3 Å². The lowest BCUT2D eigenvalue weighted by atomic mass is 10.2. The van der Waals surface area contributed by atoms with Crippen molar-refractivity contribution in [3.63, 3.8) is 0 Å². The fourth-order valence-electron chi connectivity index (χ4n) is 1.66. The first kappa shape index (κ1) is 12.8. The maximum atomic E-state index is 11.8. The smallest absolute Gasteiger partial charge is 0.343 e. The van der Waals surface area contributed by atoms with Crippen molar-refractivity contribution in [2.24, 2.45) is 0 Å². The summed E-state index contributed by atoms with van der Waals surface area (Å²) < 4.78 is 9.44. The molecule has 98 valence electrons. The molecular weight excluding hydrogens is 250 g/mol. The van der Waals surface area contributed by atoms with Crippen LogP contribution in [0.15, 0.2) is 36.0 Å². The SMILES string of the molecule is COC(=O)C1=CN(c2ccc(OC)cc2)C(=O)C1=O. The number of anilines is 1. The molecule has 19 heavy (non-hydrogen) atoms. The number of carbonyl (C=O) groups is 3. The predicted molar refractivity (Wildman–Crippen MR) is 65.6 cm³/mol. The number of nitrogens with zero attached hydrogens (tertiary/aromatic N) is 1. The average molecular weight is 261 g/mol. The average Bonchev–Trinajstić information content (AvgIpc) is 2.75. The molecule has 0 radical (unpaired) electrons. The number of ether oxygens (including phenoxy) is 2. The largest absolute Gasteiger partial charge is 0.497 e. The number of methoxy groups -OCH3 is 2. The van der Waals surface area contributed by atoms with Crippen LogP contribution in [0, 0.1) is 0 Å². The molecule has 0 aromatic heterocycles. The lowest BCUT2D eigenvalue weighted by Crippen LogP contribution is -2.26. The number of amides is 1. The lowest BCUT2D eigenvalue weighted by molar-refractivity contribution is -0.140. The van der Waals surface area contributed by atoms with Gasteiger partial charge in [0, 0.05) is 11.9 Å². The maximum Gasteiger partial charge on any atom is 0.343 e. The number of esters is 1. The summed E-state index contributed by atoms with van der Waals surface area (Å²) in [7, 11) is 2.67. The van der Waals surface area contributed by atoms with Crippen molar-refractivity contribution in [1.29, 1.82) is 0 Å². The standard InChI is InChI=1S/C13H11NO5/c1-18-9-5-3-8(4-6-9)14-7-10(13(17)19-2)11(15)12(14)16/h3-7H,1-2H3. The first-order valence-electron chi connectivity index (χ1n) is 5.40. The van der Waals surface area contributed by atoms with Crippen molar-refractivity contribution < 1.29 is 23.9 Å². The van der Waals surface area contributed by atoms with Gasteiger partial charge < -0.3 is 9.47 Å². The van der Waals surface area contributed by atoms with Crippen molar-refractivity contribution in [1.82, 2.24) is 0 Å². The molecule has 6 heteroatoms. The van der Waals surface area contributed by atoms with Crippen LogP contribution < -0.4 is 9.64 Å². The van der Waals surface area contributed by atoms with Gasteiger partial charge in [-0.25, -0.2) is 4.79 Å².